The number of nitrogens with one attached hydrogen (secondary N) is 1. The molecule has 21 heavy (non-hydrogen) atoms. The number of pyridine rings is 1. The minimum Gasteiger partial charge on any atom is -0.305 e. The predicted octanol–water partition coefficient (Wildman–Crippen LogP) is 3.03. The first-order valence-corrected chi connectivity index (χ1v) is 7.14. The first-order chi connectivity index (χ1) is 10.3. The van der Waals surface area contributed by atoms with E-state index < -0.39 is 0 Å². The van der Waals surface area contributed by atoms with E-state index in [1.807, 2.05) is 31.6 Å². The third-order valence-corrected chi connectivity index (χ3v) is 3.51. The van der Waals surface area contributed by atoms with Crippen molar-refractivity contribution in [1.29, 1.82) is 0 Å². The maximum Gasteiger partial charge on any atom is 0.0802 e. The minimum absolute atomic E-state index is 0.00157. The number of aromatic nitrogens is 3. The second-order valence-corrected chi connectivity index (χ2v) is 5.02. The summed E-state index contributed by atoms with van der Waals surface area (Å²) < 4.78 is 0. The Labute approximate surface area is 124 Å². The number of hydrogen-bond acceptors (Lipinski definition) is 4. The number of benzene rings is 1. The van der Waals surface area contributed by atoms with Crippen molar-refractivity contribution in [2.45, 2.75) is 19.9 Å². The van der Waals surface area contributed by atoms with Gasteiger partial charge in [0.05, 0.1) is 23.6 Å². The molecule has 3 aromatic rings. The van der Waals surface area contributed by atoms with Crippen molar-refractivity contribution in [1.82, 2.24) is 20.3 Å². The van der Waals surface area contributed by atoms with Crippen LogP contribution in [0.3, 0.4) is 0 Å². The third kappa shape index (κ3) is 2.76. The zero-order valence-electron chi connectivity index (χ0n) is 12.2. The molecule has 0 spiro atoms. The van der Waals surface area contributed by atoms with Crippen LogP contribution in [0.4, 0.5) is 0 Å². The molecule has 1 atom stereocenters. The van der Waals surface area contributed by atoms with E-state index >= 15 is 0 Å². The second kappa shape index (κ2) is 5.97. The van der Waals surface area contributed by atoms with Crippen molar-refractivity contribution in [3.63, 3.8) is 0 Å². The lowest BCUT2D eigenvalue weighted by Crippen LogP contribution is -2.23. The molecule has 0 aliphatic heterocycles. The van der Waals surface area contributed by atoms with E-state index in [-0.39, 0.29) is 6.04 Å². The molecular weight excluding hydrogens is 260 g/mol. The fourth-order valence-corrected chi connectivity index (χ4v) is 2.50. The van der Waals surface area contributed by atoms with E-state index in [4.69, 9.17) is 0 Å². The molecule has 2 aromatic heterocycles. The lowest BCUT2D eigenvalue weighted by atomic mass is 9.99. The Hall–Kier alpha value is -2.33. The fraction of sp³-hybridized carbons (Fsp3) is 0.235. The SMILES string of the molecule is CCNC(c1cnc(C)cn1)c1cncc2ccccc12. The predicted molar refractivity (Wildman–Crippen MR) is 84.0 cm³/mol. The maximum atomic E-state index is 4.53. The van der Waals surface area contributed by atoms with Gasteiger partial charge in [-0.15, -0.1) is 0 Å². The van der Waals surface area contributed by atoms with Crippen LogP contribution in [-0.4, -0.2) is 21.5 Å². The van der Waals surface area contributed by atoms with Crippen LogP contribution in [0.2, 0.25) is 0 Å². The molecule has 0 saturated heterocycles. The molecule has 1 aromatic carbocycles. The zero-order valence-corrected chi connectivity index (χ0v) is 12.2. The van der Waals surface area contributed by atoms with Crippen LogP contribution in [-0.2, 0) is 0 Å². The monoisotopic (exact) mass is 278 g/mol. The molecule has 106 valence electrons. The molecule has 0 bridgehead atoms. The summed E-state index contributed by atoms with van der Waals surface area (Å²) in [7, 11) is 0. The highest BCUT2D eigenvalue weighted by Crippen LogP contribution is 2.26. The van der Waals surface area contributed by atoms with E-state index in [1.165, 1.54) is 5.39 Å². The van der Waals surface area contributed by atoms with Crippen LogP contribution in [0.5, 0.6) is 0 Å². The summed E-state index contributed by atoms with van der Waals surface area (Å²) in [6.07, 6.45) is 7.45. The summed E-state index contributed by atoms with van der Waals surface area (Å²) in [6, 6.07) is 8.28. The fourth-order valence-electron chi connectivity index (χ4n) is 2.50. The summed E-state index contributed by atoms with van der Waals surface area (Å²) in [5.41, 5.74) is 2.97. The van der Waals surface area contributed by atoms with Gasteiger partial charge in [-0.25, -0.2) is 0 Å². The number of aryl methyl sites for hydroxylation is 1. The number of hydrogen-bond donors (Lipinski definition) is 1. The van der Waals surface area contributed by atoms with E-state index in [2.05, 4.69) is 45.4 Å². The van der Waals surface area contributed by atoms with Crippen molar-refractivity contribution in [3.05, 3.63) is 66.0 Å². The molecule has 2 heterocycles. The van der Waals surface area contributed by atoms with E-state index in [0.29, 0.717) is 0 Å². The average molecular weight is 278 g/mol. The van der Waals surface area contributed by atoms with Gasteiger partial charge in [0.15, 0.2) is 0 Å². The third-order valence-electron chi connectivity index (χ3n) is 3.51. The molecule has 4 nitrogen and oxygen atoms in total. The Balaban J connectivity index is 2.13. The van der Waals surface area contributed by atoms with E-state index in [0.717, 1.165) is 28.9 Å². The minimum atomic E-state index is 0.00157. The van der Waals surface area contributed by atoms with Gasteiger partial charge in [0, 0.05) is 29.5 Å². The number of rotatable bonds is 4. The maximum absolute atomic E-state index is 4.53. The summed E-state index contributed by atoms with van der Waals surface area (Å²) in [6.45, 7) is 4.88. The molecule has 3 rings (SSSR count). The van der Waals surface area contributed by atoms with Crippen LogP contribution in [0.15, 0.2) is 49.1 Å². The first kappa shape index (κ1) is 13.6. The van der Waals surface area contributed by atoms with Gasteiger partial charge in [-0.2, -0.15) is 0 Å². The Morgan fingerprint density at radius 2 is 1.90 bits per heavy atom. The first-order valence-electron chi connectivity index (χ1n) is 7.14. The van der Waals surface area contributed by atoms with E-state index in [1.54, 1.807) is 6.20 Å². The van der Waals surface area contributed by atoms with Crippen molar-refractivity contribution in [2.75, 3.05) is 6.54 Å². The smallest absolute Gasteiger partial charge is 0.0802 e. The molecule has 4 heteroatoms. The zero-order chi connectivity index (χ0) is 14.7. The lowest BCUT2D eigenvalue weighted by Gasteiger charge is -2.19. The largest absolute Gasteiger partial charge is 0.305 e. The number of nitrogens with zero attached hydrogens (tertiary/aromatic N) is 3. The topological polar surface area (TPSA) is 50.7 Å². The normalized spacial score (nSPS) is 12.5. The Kier molecular flexibility index (Phi) is 3.88. The number of fused-ring (bicyclic) bond motifs is 1. The van der Waals surface area contributed by atoms with Gasteiger partial charge in [-0.3, -0.25) is 15.0 Å². The summed E-state index contributed by atoms with van der Waals surface area (Å²) in [4.78, 5) is 13.3. The molecule has 1 N–H and O–H groups in total. The highest BCUT2D eigenvalue weighted by molar-refractivity contribution is 5.85. The summed E-state index contributed by atoms with van der Waals surface area (Å²) in [5, 5.41) is 5.82. The van der Waals surface area contributed by atoms with Crippen molar-refractivity contribution >= 4 is 10.8 Å². The van der Waals surface area contributed by atoms with Crippen molar-refractivity contribution < 1.29 is 0 Å². The van der Waals surface area contributed by atoms with Gasteiger partial charge in [0.25, 0.3) is 0 Å². The highest BCUT2D eigenvalue weighted by atomic mass is 14.9. The quantitative estimate of drug-likeness (QED) is 0.797. The molecule has 0 saturated carbocycles. The molecule has 0 aliphatic carbocycles. The highest BCUT2D eigenvalue weighted by Gasteiger charge is 2.17. The summed E-state index contributed by atoms with van der Waals surface area (Å²) >= 11 is 0. The molecular formula is C17H18N4. The van der Waals surface area contributed by atoms with E-state index in [9.17, 15) is 0 Å². The van der Waals surface area contributed by atoms with Gasteiger partial charge in [-0.05, 0) is 18.9 Å². The Morgan fingerprint density at radius 1 is 1.05 bits per heavy atom. The Morgan fingerprint density at radius 3 is 2.67 bits per heavy atom. The molecule has 1 unspecified atom stereocenters. The van der Waals surface area contributed by atoms with Crippen LogP contribution in [0.25, 0.3) is 10.8 Å². The lowest BCUT2D eigenvalue weighted by molar-refractivity contribution is 0.614. The van der Waals surface area contributed by atoms with Crippen LogP contribution in [0.1, 0.15) is 29.9 Å². The second-order valence-electron chi connectivity index (χ2n) is 5.02. The molecule has 0 radical (unpaired) electrons. The Bertz CT molecular complexity index is 732. The van der Waals surface area contributed by atoms with Gasteiger partial charge in [0.1, 0.15) is 0 Å². The molecule has 0 aliphatic rings. The standard InChI is InChI=1S/C17H18N4/c1-3-19-17(16-11-20-12(2)8-21-16)15-10-18-9-13-6-4-5-7-14(13)15/h4-11,17,19H,3H2,1-2H3. The van der Waals surface area contributed by atoms with Gasteiger partial charge < -0.3 is 5.32 Å². The van der Waals surface area contributed by atoms with Crippen LogP contribution in [0, 0.1) is 6.92 Å². The van der Waals surface area contributed by atoms with Gasteiger partial charge in [0.2, 0.25) is 0 Å². The summed E-state index contributed by atoms with van der Waals surface area (Å²) in [5.74, 6) is 0. The van der Waals surface area contributed by atoms with Crippen molar-refractivity contribution in [2.24, 2.45) is 0 Å². The van der Waals surface area contributed by atoms with Crippen LogP contribution < -0.4 is 5.32 Å². The van der Waals surface area contributed by atoms with Gasteiger partial charge >= 0.3 is 0 Å². The van der Waals surface area contributed by atoms with Crippen LogP contribution >= 0.6 is 0 Å². The van der Waals surface area contributed by atoms with Gasteiger partial charge in [-0.1, -0.05) is 31.2 Å². The molecule has 0 fully saturated rings. The van der Waals surface area contributed by atoms with Crippen molar-refractivity contribution in [3.8, 4) is 0 Å². The molecule has 0 amide bonds. The average Bonchev–Trinajstić information content (AvgIpc) is 2.53.